The van der Waals surface area contributed by atoms with Gasteiger partial charge in [0.1, 0.15) is 0 Å². The molecule has 0 aliphatic rings. The second kappa shape index (κ2) is 7.09. The predicted octanol–water partition coefficient (Wildman–Crippen LogP) is 1.15. The van der Waals surface area contributed by atoms with E-state index in [-0.39, 0.29) is 12.6 Å². The Morgan fingerprint density at radius 3 is 2.53 bits per heavy atom. The molecule has 0 saturated carbocycles. The molecule has 0 spiro atoms. The number of carboxylic acid groups (broad SMARTS) is 1. The van der Waals surface area contributed by atoms with Crippen molar-refractivity contribution in [2.24, 2.45) is 5.92 Å². The van der Waals surface area contributed by atoms with Crippen molar-refractivity contribution < 1.29 is 14.7 Å². The average Bonchev–Trinajstić information content (AvgIpc) is 2.21. The van der Waals surface area contributed by atoms with Crippen molar-refractivity contribution in [1.82, 2.24) is 10.2 Å². The van der Waals surface area contributed by atoms with Crippen molar-refractivity contribution in [1.29, 1.82) is 0 Å². The van der Waals surface area contributed by atoms with Gasteiger partial charge < -0.3 is 15.3 Å². The Labute approximate surface area is 90.5 Å². The van der Waals surface area contributed by atoms with Crippen molar-refractivity contribution in [2.45, 2.75) is 26.7 Å². The molecule has 0 aromatic rings. The highest BCUT2D eigenvalue weighted by Gasteiger charge is 2.13. The molecule has 5 nitrogen and oxygen atoms in total. The highest BCUT2D eigenvalue weighted by molar-refractivity contribution is 5.75. The van der Waals surface area contributed by atoms with Crippen molar-refractivity contribution in [3.05, 3.63) is 0 Å². The van der Waals surface area contributed by atoms with E-state index in [1.54, 1.807) is 18.9 Å². The minimum atomic E-state index is -0.897. The molecule has 88 valence electrons. The molecule has 1 atom stereocenters. The molecular weight excluding hydrogens is 196 g/mol. The molecule has 0 saturated heterocycles. The zero-order valence-electron chi connectivity index (χ0n) is 9.62. The minimum absolute atomic E-state index is 0.171. The molecule has 0 fully saturated rings. The largest absolute Gasteiger partial charge is 0.481 e. The number of amides is 2. The average molecular weight is 216 g/mol. The first-order valence-electron chi connectivity index (χ1n) is 5.20. The summed E-state index contributed by atoms with van der Waals surface area (Å²) in [5.74, 6) is -1.44. The third-order valence-corrected chi connectivity index (χ3v) is 2.17. The standard InChI is InChI=1S/C10H20N2O3/c1-4-5-6-12(3)10(15)11-7-8(2)9(13)14/h8H,4-7H2,1-3H3,(H,11,15)(H,13,14). The summed E-state index contributed by atoms with van der Waals surface area (Å²) < 4.78 is 0. The molecule has 2 amide bonds. The van der Waals surface area contributed by atoms with Gasteiger partial charge >= 0.3 is 12.0 Å². The first kappa shape index (κ1) is 13.7. The minimum Gasteiger partial charge on any atom is -0.481 e. The number of nitrogens with one attached hydrogen (secondary N) is 1. The topological polar surface area (TPSA) is 69.6 Å². The van der Waals surface area contributed by atoms with Crippen LogP contribution < -0.4 is 5.32 Å². The number of carbonyl (C=O) groups excluding carboxylic acids is 1. The van der Waals surface area contributed by atoms with Crippen LogP contribution in [0.25, 0.3) is 0 Å². The van der Waals surface area contributed by atoms with Crippen LogP contribution >= 0.6 is 0 Å². The van der Waals surface area contributed by atoms with Gasteiger partial charge in [-0.2, -0.15) is 0 Å². The Balaban J connectivity index is 3.77. The summed E-state index contributed by atoms with van der Waals surface area (Å²) in [6, 6.07) is -0.212. The Kier molecular flexibility index (Phi) is 6.49. The number of unbranched alkanes of at least 4 members (excludes halogenated alkanes) is 1. The first-order valence-corrected chi connectivity index (χ1v) is 5.20. The number of nitrogens with zero attached hydrogens (tertiary/aromatic N) is 1. The summed E-state index contributed by atoms with van der Waals surface area (Å²) in [6.07, 6.45) is 1.99. The zero-order valence-corrected chi connectivity index (χ0v) is 9.62. The maximum absolute atomic E-state index is 11.4. The van der Waals surface area contributed by atoms with Gasteiger partial charge in [0.25, 0.3) is 0 Å². The highest BCUT2D eigenvalue weighted by atomic mass is 16.4. The van der Waals surface area contributed by atoms with E-state index in [9.17, 15) is 9.59 Å². The molecule has 0 aromatic carbocycles. The fourth-order valence-corrected chi connectivity index (χ4v) is 0.960. The summed E-state index contributed by atoms with van der Waals surface area (Å²) in [7, 11) is 1.70. The summed E-state index contributed by atoms with van der Waals surface area (Å²) in [5, 5.41) is 11.2. The van der Waals surface area contributed by atoms with Gasteiger partial charge in [0, 0.05) is 20.1 Å². The smallest absolute Gasteiger partial charge is 0.317 e. The molecule has 2 N–H and O–H groups in total. The van der Waals surface area contributed by atoms with E-state index in [0.29, 0.717) is 6.54 Å². The number of hydrogen-bond donors (Lipinski definition) is 2. The van der Waals surface area contributed by atoms with E-state index in [4.69, 9.17) is 5.11 Å². The Hall–Kier alpha value is -1.26. The van der Waals surface area contributed by atoms with Crippen molar-refractivity contribution >= 4 is 12.0 Å². The third-order valence-electron chi connectivity index (χ3n) is 2.17. The fraction of sp³-hybridized carbons (Fsp3) is 0.800. The summed E-state index contributed by atoms with van der Waals surface area (Å²) in [6.45, 7) is 4.49. The summed E-state index contributed by atoms with van der Waals surface area (Å²) in [5.41, 5.74) is 0. The number of urea groups is 1. The van der Waals surface area contributed by atoms with Gasteiger partial charge in [-0.15, -0.1) is 0 Å². The third kappa shape index (κ3) is 5.93. The number of carboxylic acids is 1. The quantitative estimate of drug-likeness (QED) is 0.699. The number of rotatable bonds is 6. The van der Waals surface area contributed by atoms with Gasteiger partial charge in [0.05, 0.1) is 5.92 Å². The lowest BCUT2D eigenvalue weighted by molar-refractivity contribution is -0.140. The van der Waals surface area contributed by atoms with Crippen molar-refractivity contribution in [3.63, 3.8) is 0 Å². The van der Waals surface area contributed by atoms with Crippen LogP contribution in [0.3, 0.4) is 0 Å². The van der Waals surface area contributed by atoms with Crippen LogP contribution in [0.1, 0.15) is 26.7 Å². The zero-order chi connectivity index (χ0) is 11.8. The molecule has 0 bridgehead atoms. The fourth-order valence-electron chi connectivity index (χ4n) is 0.960. The molecule has 0 aromatic heterocycles. The maximum Gasteiger partial charge on any atom is 0.317 e. The molecular formula is C10H20N2O3. The van der Waals surface area contributed by atoms with E-state index in [1.165, 1.54) is 0 Å². The molecule has 1 unspecified atom stereocenters. The Morgan fingerprint density at radius 2 is 2.07 bits per heavy atom. The van der Waals surface area contributed by atoms with Crippen LogP contribution in [0.15, 0.2) is 0 Å². The molecule has 15 heavy (non-hydrogen) atoms. The van der Waals surface area contributed by atoms with Crippen LogP contribution in [0, 0.1) is 5.92 Å². The van der Waals surface area contributed by atoms with E-state index in [2.05, 4.69) is 12.2 Å². The number of carbonyl (C=O) groups is 2. The van der Waals surface area contributed by atoms with Crippen LogP contribution in [0.4, 0.5) is 4.79 Å². The van der Waals surface area contributed by atoms with E-state index in [1.807, 2.05) is 0 Å². The molecule has 0 aliphatic carbocycles. The molecule has 0 heterocycles. The van der Waals surface area contributed by atoms with Gasteiger partial charge in [-0.25, -0.2) is 4.79 Å². The van der Waals surface area contributed by atoms with Crippen LogP contribution in [0.2, 0.25) is 0 Å². The second-order valence-electron chi connectivity index (χ2n) is 3.70. The van der Waals surface area contributed by atoms with Crippen LogP contribution in [-0.2, 0) is 4.79 Å². The van der Waals surface area contributed by atoms with Gasteiger partial charge in [0.15, 0.2) is 0 Å². The van der Waals surface area contributed by atoms with Crippen molar-refractivity contribution in [3.8, 4) is 0 Å². The van der Waals surface area contributed by atoms with Gasteiger partial charge in [-0.05, 0) is 6.42 Å². The first-order chi connectivity index (χ1) is 6.99. The molecule has 0 rings (SSSR count). The number of aliphatic carboxylic acids is 1. The van der Waals surface area contributed by atoms with Gasteiger partial charge in [-0.1, -0.05) is 20.3 Å². The van der Waals surface area contributed by atoms with Gasteiger partial charge in [-0.3, -0.25) is 4.79 Å². The molecule has 0 radical (unpaired) electrons. The Bertz CT molecular complexity index is 219. The molecule has 0 aliphatic heterocycles. The SMILES string of the molecule is CCCCN(C)C(=O)NCC(C)C(=O)O. The lowest BCUT2D eigenvalue weighted by Crippen LogP contribution is -2.40. The lowest BCUT2D eigenvalue weighted by atomic mass is 10.2. The summed E-state index contributed by atoms with van der Waals surface area (Å²) >= 11 is 0. The van der Waals surface area contributed by atoms with Crippen molar-refractivity contribution in [2.75, 3.05) is 20.1 Å². The highest BCUT2D eigenvalue weighted by Crippen LogP contribution is 1.95. The van der Waals surface area contributed by atoms with Crippen LogP contribution in [-0.4, -0.2) is 42.1 Å². The lowest BCUT2D eigenvalue weighted by Gasteiger charge is -2.18. The number of hydrogen-bond acceptors (Lipinski definition) is 2. The monoisotopic (exact) mass is 216 g/mol. The van der Waals surface area contributed by atoms with Crippen LogP contribution in [0.5, 0.6) is 0 Å². The van der Waals surface area contributed by atoms with E-state index >= 15 is 0 Å². The summed E-state index contributed by atoms with van der Waals surface area (Å²) in [4.78, 5) is 23.5. The van der Waals surface area contributed by atoms with E-state index < -0.39 is 11.9 Å². The maximum atomic E-state index is 11.4. The Morgan fingerprint density at radius 1 is 1.47 bits per heavy atom. The second-order valence-corrected chi connectivity index (χ2v) is 3.70. The van der Waals surface area contributed by atoms with Gasteiger partial charge in [0.2, 0.25) is 0 Å². The predicted molar refractivity (Wildman–Crippen MR) is 57.7 cm³/mol. The van der Waals surface area contributed by atoms with E-state index in [0.717, 1.165) is 12.8 Å². The normalized spacial score (nSPS) is 11.9. The molecule has 5 heteroatoms.